The first kappa shape index (κ1) is 20.8. The molecule has 0 atom stereocenters. The number of hydrogen-bond acceptors (Lipinski definition) is 5. The number of benzene rings is 1. The number of nitrogens with one attached hydrogen (secondary N) is 2. The Morgan fingerprint density at radius 2 is 1.90 bits per heavy atom. The topological polar surface area (TPSA) is 70.2 Å². The zero-order chi connectivity index (χ0) is 20.5. The van der Waals surface area contributed by atoms with E-state index >= 15 is 0 Å². The lowest BCUT2D eigenvalue weighted by atomic mass is 9.97. The molecule has 3 rings (SSSR count). The van der Waals surface area contributed by atoms with E-state index in [2.05, 4.69) is 45.4 Å². The van der Waals surface area contributed by atoms with E-state index in [1.807, 2.05) is 24.3 Å². The molecule has 0 radical (unpaired) electrons. The summed E-state index contributed by atoms with van der Waals surface area (Å²) >= 11 is 0. The van der Waals surface area contributed by atoms with Gasteiger partial charge < -0.3 is 15.5 Å². The summed E-state index contributed by atoms with van der Waals surface area (Å²) in [7, 11) is 0. The number of carbonyl (C=O) groups is 1. The molecule has 6 heteroatoms. The first-order valence-electron chi connectivity index (χ1n) is 10.6. The third-order valence-corrected chi connectivity index (χ3v) is 5.29. The van der Waals surface area contributed by atoms with Gasteiger partial charge in [-0.1, -0.05) is 11.6 Å². The van der Waals surface area contributed by atoms with Crippen LogP contribution in [0.4, 0.5) is 17.2 Å². The number of rotatable bonds is 9. The molecule has 0 spiro atoms. The summed E-state index contributed by atoms with van der Waals surface area (Å²) in [6.07, 6.45) is 9.80. The molecule has 154 valence electrons. The summed E-state index contributed by atoms with van der Waals surface area (Å²) in [5.74, 6) is 0.444. The Hall–Kier alpha value is -2.89. The molecule has 29 heavy (non-hydrogen) atoms. The monoisotopic (exact) mass is 393 g/mol. The van der Waals surface area contributed by atoms with E-state index in [1.165, 1.54) is 37.6 Å². The molecule has 0 saturated carbocycles. The van der Waals surface area contributed by atoms with Crippen LogP contribution in [0.15, 0.2) is 48.3 Å². The second kappa shape index (κ2) is 10.6. The number of allylic oxidation sites excluding steroid dienone is 1. The lowest BCUT2D eigenvalue weighted by Crippen LogP contribution is -2.21. The van der Waals surface area contributed by atoms with Gasteiger partial charge in [0.2, 0.25) is 0 Å². The van der Waals surface area contributed by atoms with Gasteiger partial charge in [-0.15, -0.1) is 0 Å². The van der Waals surface area contributed by atoms with Crippen LogP contribution in [0.5, 0.6) is 0 Å². The lowest BCUT2D eigenvalue weighted by Gasteiger charge is -2.21. The summed E-state index contributed by atoms with van der Waals surface area (Å²) in [5.41, 5.74) is 3.77. The summed E-state index contributed by atoms with van der Waals surface area (Å²) in [6.45, 7) is 6.99. The molecule has 0 fully saturated rings. The molecular weight excluding hydrogens is 362 g/mol. The first-order valence-corrected chi connectivity index (χ1v) is 10.6. The van der Waals surface area contributed by atoms with Gasteiger partial charge in [0.05, 0.1) is 0 Å². The normalized spacial score (nSPS) is 13.5. The van der Waals surface area contributed by atoms with Crippen molar-refractivity contribution in [2.45, 2.75) is 46.0 Å². The Labute approximate surface area is 173 Å². The van der Waals surface area contributed by atoms with Gasteiger partial charge in [-0.05, 0) is 70.2 Å². The van der Waals surface area contributed by atoms with Crippen LogP contribution in [0.3, 0.4) is 0 Å². The molecular formula is C23H31N5O. The van der Waals surface area contributed by atoms with E-state index in [9.17, 15) is 4.79 Å². The van der Waals surface area contributed by atoms with Crippen molar-refractivity contribution in [1.82, 2.24) is 9.97 Å². The number of carbonyl (C=O) groups excluding carboxylic acids is 1. The minimum Gasteiger partial charge on any atom is -0.372 e. The average Bonchev–Trinajstić information content (AvgIpc) is 2.77. The van der Waals surface area contributed by atoms with Gasteiger partial charge in [-0.25, -0.2) is 9.97 Å². The van der Waals surface area contributed by atoms with E-state index in [0.717, 1.165) is 37.4 Å². The quantitative estimate of drug-likeness (QED) is 0.594. The maximum absolute atomic E-state index is 12.6. The molecule has 6 nitrogen and oxygen atoms in total. The molecule has 1 aromatic carbocycles. The molecule has 1 aliphatic rings. The Kier molecular flexibility index (Phi) is 7.61. The maximum Gasteiger partial charge on any atom is 0.274 e. The molecule has 0 aliphatic heterocycles. The summed E-state index contributed by atoms with van der Waals surface area (Å²) in [4.78, 5) is 23.2. The fourth-order valence-corrected chi connectivity index (χ4v) is 3.60. The van der Waals surface area contributed by atoms with Crippen molar-refractivity contribution < 1.29 is 4.79 Å². The van der Waals surface area contributed by atoms with Crippen LogP contribution in [-0.2, 0) is 0 Å². The van der Waals surface area contributed by atoms with Gasteiger partial charge >= 0.3 is 0 Å². The Bertz CT molecular complexity index is 827. The number of hydrogen-bond donors (Lipinski definition) is 2. The average molecular weight is 394 g/mol. The van der Waals surface area contributed by atoms with Crippen molar-refractivity contribution in [2.75, 3.05) is 35.2 Å². The highest BCUT2D eigenvalue weighted by atomic mass is 16.1. The smallest absolute Gasteiger partial charge is 0.274 e. The van der Waals surface area contributed by atoms with Crippen LogP contribution >= 0.6 is 0 Å². The van der Waals surface area contributed by atoms with Gasteiger partial charge in [0.1, 0.15) is 17.8 Å². The van der Waals surface area contributed by atoms with Crippen LogP contribution in [0.1, 0.15) is 56.4 Å². The first-order chi connectivity index (χ1) is 14.2. The van der Waals surface area contributed by atoms with E-state index in [1.54, 1.807) is 6.07 Å². The van der Waals surface area contributed by atoms with Crippen molar-refractivity contribution in [3.05, 3.63) is 54.0 Å². The van der Waals surface area contributed by atoms with Crippen LogP contribution < -0.4 is 15.5 Å². The third kappa shape index (κ3) is 6.04. The number of aromatic nitrogens is 2. The van der Waals surface area contributed by atoms with Crippen molar-refractivity contribution in [3.8, 4) is 0 Å². The zero-order valence-corrected chi connectivity index (χ0v) is 17.4. The van der Waals surface area contributed by atoms with E-state index < -0.39 is 0 Å². The van der Waals surface area contributed by atoms with Crippen molar-refractivity contribution in [3.63, 3.8) is 0 Å². The van der Waals surface area contributed by atoms with Gasteiger partial charge in [-0.3, -0.25) is 4.79 Å². The van der Waals surface area contributed by atoms with E-state index in [0.29, 0.717) is 11.5 Å². The Balaban J connectivity index is 1.55. The molecule has 1 aliphatic carbocycles. The number of nitrogens with zero attached hydrogens (tertiary/aromatic N) is 3. The molecule has 1 amide bonds. The van der Waals surface area contributed by atoms with Crippen molar-refractivity contribution in [1.29, 1.82) is 0 Å². The summed E-state index contributed by atoms with van der Waals surface area (Å²) in [5, 5.41) is 6.22. The van der Waals surface area contributed by atoms with Crippen molar-refractivity contribution in [2.24, 2.45) is 0 Å². The Morgan fingerprint density at radius 3 is 2.59 bits per heavy atom. The van der Waals surface area contributed by atoms with Crippen LogP contribution in [0.2, 0.25) is 0 Å². The van der Waals surface area contributed by atoms with Crippen LogP contribution in [-0.4, -0.2) is 35.5 Å². The minimum absolute atomic E-state index is 0.235. The highest BCUT2D eigenvalue weighted by Crippen LogP contribution is 2.20. The minimum atomic E-state index is -0.235. The highest BCUT2D eigenvalue weighted by molar-refractivity contribution is 6.03. The second-order valence-electron chi connectivity index (χ2n) is 7.25. The van der Waals surface area contributed by atoms with Gasteiger partial charge in [0.15, 0.2) is 0 Å². The van der Waals surface area contributed by atoms with Crippen molar-refractivity contribution >= 4 is 23.1 Å². The maximum atomic E-state index is 12.6. The number of anilines is 3. The highest BCUT2D eigenvalue weighted by Gasteiger charge is 2.10. The van der Waals surface area contributed by atoms with Crippen LogP contribution in [0.25, 0.3) is 0 Å². The molecule has 1 heterocycles. The molecule has 0 bridgehead atoms. The summed E-state index contributed by atoms with van der Waals surface area (Å²) in [6, 6.07) is 9.59. The second-order valence-corrected chi connectivity index (χ2v) is 7.25. The fourth-order valence-electron chi connectivity index (χ4n) is 3.60. The predicted molar refractivity (Wildman–Crippen MR) is 120 cm³/mol. The lowest BCUT2D eigenvalue weighted by molar-refractivity contribution is 0.102. The van der Waals surface area contributed by atoms with Gasteiger partial charge in [0.25, 0.3) is 5.91 Å². The molecule has 0 unspecified atom stereocenters. The largest absolute Gasteiger partial charge is 0.372 e. The predicted octanol–water partition coefficient (Wildman–Crippen LogP) is 4.88. The van der Waals surface area contributed by atoms with E-state index in [4.69, 9.17) is 0 Å². The third-order valence-electron chi connectivity index (χ3n) is 5.29. The zero-order valence-electron chi connectivity index (χ0n) is 17.4. The molecule has 2 aromatic rings. The van der Waals surface area contributed by atoms with Crippen LogP contribution in [0, 0.1) is 0 Å². The Morgan fingerprint density at radius 1 is 1.10 bits per heavy atom. The van der Waals surface area contributed by atoms with Gasteiger partial charge in [0, 0.05) is 37.1 Å². The molecule has 2 N–H and O–H groups in total. The standard InChI is InChI=1S/C23H31N5O/c1-3-28(4-2)20-12-10-19(11-13-20)27-23(29)21-16-22(26-17-25-21)24-15-14-18-8-6-5-7-9-18/h8,10-13,16-17H,3-7,9,14-15H2,1-2H3,(H,27,29)(H,24,25,26). The molecule has 0 saturated heterocycles. The SMILES string of the molecule is CCN(CC)c1ccc(NC(=O)c2cc(NCCC3=CCCCC3)ncn2)cc1. The summed E-state index contributed by atoms with van der Waals surface area (Å²) < 4.78 is 0. The fraction of sp³-hybridized carbons (Fsp3) is 0.435. The van der Waals surface area contributed by atoms with Gasteiger partial charge in [-0.2, -0.15) is 0 Å². The number of amides is 1. The molecule has 1 aromatic heterocycles. The van der Waals surface area contributed by atoms with E-state index in [-0.39, 0.29) is 5.91 Å².